The van der Waals surface area contributed by atoms with Gasteiger partial charge in [0.25, 0.3) is 0 Å². The number of rotatable bonds is 8. The normalized spacial score (nSPS) is 21.3. The number of aromatic hydroxyl groups is 1. The minimum Gasteiger partial charge on any atom is -0.861 e. The Morgan fingerprint density at radius 1 is 1.03 bits per heavy atom. The zero-order valence-corrected chi connectivity index (χ0v) is 20.0. The minimum atomic E-state index is -1.10. The van der Waals surface area contributed by atoms with E-state index in [1.807, 2.05) is 0 Å². The van der Waals surface area contributed by atoms with Crippen LogP contribution in [-0.4, -0.2) is 81.7 Å². The molecule has 0 saturated carbocycles. The van der Waals surface area contributed by atoms with Crippen molar-refractivity contribution in [2.24, 2.45) is 0 Å². The molecule has 0 aliphatic carbocycles. The number of phenolic OH excluding ortho intramolecular Hbond substituents is 1. The highest BCUT2D eigenvalue weighted by atomic mass is 16.3. The highest BCUT2D eigenvalue weighted by Crippen LogP contribution is 2.21. The van der Waals surface area contributed by atoms with E-state index in [4.69, 9.17) is 5.41 Å². The quantitative estimate of drug-likeness (QED) is 0.279. The summed E-state index contributed by atoms with van der Waals surface area (Å²) >= 11 is 0. The third kappa shape index (κ3) is 6.28. The van der Waals surface area contributed by atoms with Crippen molar-refractivity contribution in [3.8, 4) is 5.75 Å². The Morgan fingerprint density at radius 2 is 1.57 bits per heavy atom. The van der Waals surface area contributed by atoms with E-state index < -0.39 is 47.8 Å². The molecule has 0 aromatic heterocycles. The van der Waals surface area contributed by atoms with Crippen LogP contribution in [0.5, 0.6) is 5.75 Å². The number of hydrogen-bond donors (Lipinski definition) is 4. The van der Waals surface area contributed by atoms with Crippen LogP contribution in [0.2, 0.25) is 0 Å². The molecule has 0 bridgehead atoms. The maximum absolute atomic E-state index is 13.1. The molecule has 1 aromatic carbocycles. The molecule has 2 heterocycles. The number of likely N-dealkylation sites (tertiary alicyclic amines) is 2. The Labute approximate surface area is 204 Å². The van der Waals surface area contributed by atoms with Gasteiger partial charge in [-0.2, -0.15) is 0 Å². The first kappa shape index (κ1) is 26.0. The number of nitrogens with zero attached hydrogens (tertiary/aromatic N) is 2. The van der Waals surface area contributed by atoms with Crippen molar-refractivity contribution in [1.29, 1.82) is 5.41 Å². The van der Waals surface area contributed by atoms with Crippen molar-refractivity contribution in [1.82, 2.24) is 20.4 Å². The third-order valence-electron chi connectivity index (χ3n) is 6.54. The fourth-order valence-corrected chi connectivity index (χ4v) is 4.68. The molecule has 2 aliphatic rings. The summed E-state index contributed by atoms with van der Waals surface area (Å²) in [6.07, 6.45) is 2.31. The SMILES string of the molecule is CC(=O)N1CCC[C@H]1C(=O)N[C@@H](C)C(=O)N1CCC[C@H]1C(=O)N[C@@H](Cc1ccc(O)cc1)C(=N)[O-]. The van der Waals surface area contributed by atoms with E-state index in [9.17, 15) is 29.4 Å². The van der Waals surface area contributed by atoms with Crippen LogP contribution >= 0.6 is 0 Å². The van der Waals surface area contributed by atoms with E-state index in [-0.39, 0.29) is 18.1 Å². The van der Waals surface area contributed by atoms with Crippen molar-refractivity contribution in [3.63, 3.8) is 0 Å². The molecule has 3 rings (SSSR count). The maximum atomic E-state index is 13.1. The van der Waals surface area contributed by atoms with Gasteiger partial charge in [0.05, 0.1) is 6.04 Å². The molecule has 35 heavy (non-hydrogen) atoms. The third-order valence-corrected chi connectivity index (χ3v) is 6.54. The molecule has 1 aromatic rings. The van der Waals surface area contributed by atoms with Gasteiger partial charge in [-0.05, 0) is 62.6 Å². The van der Waals surface area contributed by atoms with E-state index in [2.05, 4.69) is 10.6 Å². The number of nitrogens with one attached hydrogen (secondary N) is 3. The van der Waals surface area contributed by atoms with Crippen molar-refractivity contribution in [2.75, 3.05) is 13.1 Å². The first-order chi connectivity index (χ1) is 16.6. The molecule has 0 radical (unpaired) electrons. The molecule has 190 valence electrons. The Hall–Kier alpha value is -3.63. The summed E-state index contributed by atoms with van der Waals surface area (Å²) < 4.78 is 0. The molecule has 11 heteroatoms. The van der Waals surface area contributed by atoms with E-state index in [0.717, 1.165) is 0 Å². The van der Waals surface area contributed by atoms with E-state index in [1.165, 1.54) is 28.9 Å². The molecule has 2 saturated heterocycles. The Bertz CT molecular complexity index is 981. The van der Waals surface area contributed by atoms with Crippen molar-refractivity contribution < 1.29 is 29.4 Å². The second-order valence-electron chi connectivity index (χ2n) is 9.09. The molecular weight excluding hydrogens is 454 g/mol. The van der Waals surface area contributed by atoms with Crippen LogP contribution in [0.1, 0.15) is 45.1 Å². The molecule has 2 fully saturated rings. The zero-order chi connectivity index (χ0) is 25.7. The first-order valence-corrected chi connectivity index (χ1v) is 11.8. The van der Waals surface area contributed by atoms with Gasteiger partial charge >= 0.3 is 0 Å². The lowest BCUT2D eigenvalue weighted by Crippen LogP contribution is -2.57. The standard InChI is InChI=1S/C24H33N5O6/c1-14(26-22(33)19-5-3-11-28(19)15(2)30)24(35)29-12-4-6-20(29)23(34)27-18(21(25)32)13-16-7-9-17(31)10-8-16/h7-10,14,18-20,31H,3-6,11-13H2,1-2H3,(H2,25,32)(H,26,33)(H,27,34)/p-1/t14-,18-,19-,20-/m0/s1. The van der Waals surface area contributed by atoms with Gasteiger partial charge < -0.3 is 36.1 Å². The summed E-state index contributed by atoms with van der Waals surface area (Å²) in [7, 11) is 0. The van der Waals surface area contributed by atoms with Crippen LogP contribution < -0.4 is 15.7 Å². The average Bonchev–Trinajstić information content (AvgIpc) is 3.49. The van der Waals surface area contributed by atoms with E-state index >= 15 is 0 Å². The van der Waals surface area contributed by atoms with Crippen LogP contribution in [-0.2, 0) is 25.6 Å². The number of carbonyl (C=O) groups is 4. The van der Waals surface area contributed by atoms with E-state index in [1.54, 1.807) is 19.1 Å². The fourth-order valence-electron chi connectivity index (χ4n) is 4.68. The highest BCUT2D eigenvalue weighted by Gasteiger charge is 2.38. The number of amides is 4. The topological polar surface area (TPSA) is 166 Å². The predicted octanol–water partition coefficient (Wildman–Crippen LogP) is -0.736. The number of carbonyl (C=O) groups excluding carboxylic acids is 4. The Morgan fingerprint density at radius 3 is 2.14 bits per heavy atom. The lowest BCUT2D eigenvalue weighted by Gasteiger charge is -2.30. The lowest BCUT2D eigenvalue weighted by atomic mass is 10.0. The van der Waals surface area contributed by atoms with Crippen LogP contribution in [0.3, 0.4) is 0 Å². The van der Waals surface area contributed by atoms with Crippen LogP contribution in [0.25, 0.3) is 0 Å². The second-order valence-corrected chi connectivity index (χ2v) is 9.09. The molecule has 0 spiro atoms. The van der Waals surface area contributed by atoms with E-state index in [0.29, 0.717) is 44.3 Å². The molecule has 2 aliphatic heterocycles. The molecule has 0 unspecified atom stereocenters. The predicted molar refractivity (Wildman–Crippen MR) is 124 cm³/mol. The van der Waals surface area contributed by atoms with Crippen molar-refractivity contribution in [2.45, 2.75) is 70.1 Å². The maximum Gasteiger partial charge on any atom is 0.245 e. The van der Waals surface area contributed by atoms with Gasteiger partial charge in [-0.3, -0.25) is 19.2 Å². The molecule has 4 amide bonds. The number of hydrogen-bond acceptors (Lipinski definition) is 7. The summed E-state index contributed by atoms with van der Waals surface area (Å²) in [4.78, 5) is 53.4. The fraction of sp³-hybridized carbons (Fsp3) is 0.542. The number of phenols is 1. The molecule has 4 N–H and O–H groups in total. The van der Waals surface area contributed by atoms with Gasteiger partial charge in [-0.15, -0.1) is 0 Å². The van der Waals surface area contributed by atoms with Gasteiger partial charge in [0, 0.05) is 20.0 Å². The zero-order valence-electron chi connectivity index (χ0n) is 20.0. The Balaban J connectivity index is 1.61. The second kappa shape index (κ2) is 11.2. The van der Waals surface area contributed by atoms with Crippen molar-refractivity contribution in [3.05, 3.63) is 29.8 Å². The molecule has 4 atom stereocenters. The first-order valence-electron chi connectivity index (χ1n) is 11.8. The average molecular weight is 487 g/mol. The van der Waals surface area contributed by atoms with Crippen LogP contribution in [0, 0.1) is 5.41 Å². The summed E-state index contributed by atoms with van der Waals surface area (Å²) in [5.41, 5.74) is 0.663. The summed E-state index contributed by atoms with van der Waals surface area (Å²) in [6, 6.07) is 2.70. The number of benzene rings is 1. The highest BCUT2D eigenvalue weighted by molar-refractivity contribution is 5.95. The summed E-state index contributed by atoms with van der Waals surface area (Å²) in [6.45, 7) is 3.79. The molecular formula is C24H32N5O6-. The van der Waals surface area contributed by atoms with Gasteiger partial charge in [-0.1, -0.05) is 12.1 Å². The van der Waals surface area contributed by atoms with Gasteiger partial charge in [0.15, 0.2) is 0 Å². The molecule has 11 nitrogen and oxygen atoms in total. The lowest BCUT2D eigenvalue weighted by molar-refractivity contribution is -0.223. The Kier molecular flexibility index (Phi) is 8.31. The summed E-state index contributed by atoms with van der Waals surface area (Å²) in [5, 5.41) is 34.1. The largest absolute Gasteiger partial charge is 0.861 e. The van der Waals surface area contributed by atoms with Crippen LogP contribution in [0.15, 0.2) is 24.3 Å². The van der Waals surface area contributed by atoms with Crippen molar-refractivity contribution >= 4 is 29.5 Å². The summed E-state index contributed by atoms with van der Waals surface area (Å²) in [5.74, 6) is -2.44. The minimum absolute atomic E-state index is 0.0646. The van der Waals surface area contributed by atoms with Gasteiger partial charge in [0.2, 0.25) is 23.6 Å². The van der Waals surface area contributed by atoms with Crippen LogP contribution in [0.4, 0.5) is 0 Å². The monoisotopic (exact) mass is 486 g/mol. The van der Waals surface area contributed by atoms with Gasteiger partial charge in [-0.25, -0.2) is 0 Å². The smallest absolute Gasteiger partial charge is 0.245 e. The van der Waals surface area contributed by atoms with Gasteiger partial charge in [0.1, 0.15) is 23.9 Å².